The Morgan fingerprint density at radius 3 is 1.54 bits per heavy atom. The first kappa shape index (κ1) is 23.2. The maximum absolute atomic E-state index is 3.81. The zero-order chi connectivity index (χ0) is 17.7. The van der Waals surface area contributed by atoms with Crippen LogP contribution in [0.2, 0.25) is 0 Å². The summed E-state index contributed by atoms with van der Waals surface area (Å²) in [7, 11) is 0. The van der Waals surface area contributed by atoms with Crippen molar-refractivity contribution in [3.63, 3.8) is 0 Å². The summed E-state index contributed by atoms with van der Waals surface area (Å²) in [5.41, 5.74) is 1.75. The molecule has 0 aromatic carbocycles. The molecule has 0 heterocycles. The highest BCUT2D eigenvalue weighted by atomic mass is 14.1. The van der Waals surface area contributed by atoms with E-state index < -0.39 is 0 Å². The minimum absolute atomic E-state index is 1.19. The highest BCUT2D eigenvalue weighted by molar-refractivity contribution is 5.01. The van der Waals surface area contributed by atoms with Crippen LogP contribution in [0.3, 0.4) is 0 Å². The average Bonchev–Trinajstić information content (AvgIpc) is 2.60. The van der Waals surface area contributed by atoms with Crippen LogP contribution in [-0.4, -0.2) is 0 Å². The molecule has 140 valence electrons. The lowest BCUT2D eigenvalue weighted by Crippen LogP contribution is -1.89. The van der Waals surface area contributed by atoms with E-state index in [4.69, 9.17) is 0 Å². The summed E-state index contributed by atoms with van der Waals surface area (Å²) < 4.78 is 0. The van der Waals surface area contributed by atoms with E-state index in [-0.39, 0.29) is 0 Å². The van der Waals surface area contributed by atoms with Crippen LogP contribution in [0, 0.1) is 0 Å². The van der Waals surface area contributed by atoms with Gasteiger partial charge in [-0.1, -0.05) is 75.7 Å². The molecule has 0 aliphatic heterocycles. The van der Waals surface area contributed by atoms with Crippen molar-refractivity contribution in [1.29, 1.82) is 0 Å². The van der Waals surface area contributed by atoms with Crippen molar-refractivity contribution in [1.82, 2.24) is 0 Å². The largest absolute Gasteiger partial charge is 0.103 e. The molecule has 0 heteroatoms. The Kier molecular flexibility index (Phi) is 19.6. The Hall–Kier alpha value is -0.780. The number of hydrogen-bond donors (Lipinski definition) is 0. The molecule has 0 saturated heterocycles. The summed E-state index contributed by atoms with van der Waals surface area (Å²) in [6.45, 7) is 9.90. The van der Waals surface area contributed by atoms with Gasteiger partial charge in [0, 0.05) is 0 Å². The van der Waals surface area contributed by atoms with Gasteiger partial charge in [-0.2, -0.15) is 0 Å². The second-order valence-electron chi connectivity index (χ2n) is 7.19. The van der Waals surface area contributed by atoms with Crippen LogP contribution in [0.25, 0.3) is 0 Å². The van der Waals surface area contributed by atoms with Gasteiger partial charge in [0.1, 0.15) is 0 Å². The van der Waals surface area contributed by atoms with Crippen molar-refractivity contribution in [2.24, 2.45) is 0 Å². The summed E-state index contributed by atoms with van der Waals surface area (Å²) in [6, 6.07) is 0. The van der Waals surface area contributed by atoms with Gasteiger partial charge in [-0.05, 0) is 64.2 Å². The zero-order valence-corrected chi connectivity index (χ0v) is 16.7. The number of hydrogen-bond acceptors (Lipinski definition) is 0. The fraction of sp³-hybridized carbons (Fsp3) is 0.750. The van der Waals surface area contributed by atoms with Crippen LogP contribution >= 0.6 is 0 Å². The second-order valence-corrected chi connectivity index (χ2v) is 7.19. The van der Waals surface area contributed by atoms with Crippen LogP contribution in [0.4, 0.5) is 0 Å². The van der Waals surface area contributed by atoms with Crippen molar-refractivity contribution in [3.05, 3.63) is 37.0 Å². The highest BCUT2D eigenvalue weighted by Crippen LogP contribution is 2.19. The zero-order valence-electron chi connectivity index (χ0n) is 16.7. The van der Waals surface area contributed by atoms with Gasteiger partial charge in [0.2, 0.25) is 0 Å². The summed E-state index contributed by atoms with van der Waals surface area (Å²) in [5.74, 6) is 0. The van der Waals surface area contributed by atoms with E-state index in [1.54, 1.807) is 5.57 Å². The van der Waals surface area contributed by atoms with Gasteiger partial charge in [-0.25, -0.2) is 0 Å². The topological polar surface area (TPSA) is 0 Å². The van der Waals surface area contributed by atoms with Crippen LogP contribution in [0.1, 0.15) is 116 Å². The molecule has 0 nitrogen and oxygen atoms in total. The molecule has 0 fully saturated rings. The van der Waals surface area contributed by atoms with Crippen LogP contribution in [0.5, 0.6) is 0 Å². The van der Waals surface area contributed by atoms with Gasteiger partial charge in [0.25, 0.3) is 0 Å². The minimum atomic E-state index is 1.19. The highest BCUT2D eigenvalue weighted by Gasteiger charge is 2.00. The molecule has 0 N–H and O–H groups in total. The molecule has 0 rings (SSSR count). The van der Waals surface area contributed by atoms with Crippen molar-refractivity contribution in [2.45, 2.75) is 116 Å². The lowest BCUT2D eigenvalue weighted by atomic mass is 9.98. The van der Waals surface area contributed by atoms with E-state index in [9.17, 15) is 0 Å². The molecule has 0 spiro atoms. The predicted octanol–water partition coefficient (Wildman–Crippen LogP) is 8.94. The first-order chi connectivity index (χ1) is 11.8. The van der Waals surface area contributed by atoms with Crippen LogP contribution < -0.4 is 0 Å². The third-order valence-corrected chi connectivity index (χ3v) is 4.80. The van der Waals surface area contributed by atoms with E-state index >= 15 is 0 Å². The summed E-state index contributed by atoms with van der Waals surface area (Å²) in [6.07, 6.45) is 29.5. The second kappa shape index (κ2) is 20.3. The third kappa shape index (κ3) is 17.6. The van der Waals surface area contributed by atoms with E-state index in [1.807, 2.05) is 12.2 Å². The van der Waals surface area contributed by atoms with Gasteiger partial charge in [0.05, 0.1) is 0 Å². The van der Waals surface area contributed by atoms with Crippen LogP contribution in [0.15, 0.2) is 37.0 Å². The maximum atomic E-state index is 3.81. The van der Waals surface area contributed by atoms with Crippen molar-refractivity contribution >= 4 is 0 Å². The number of rotatable bonds is 19. The fourth-order valence-electron chi connectivity index (χ4n) is 3.20. The maximum Gasteiger partial charge on any atom is -0.0320 e. The van der Waals surface area contributed by atoms with Crippen molar-refractivity contribution in [3.8, 4) is 0 Å². The molecule has 0 unspecified atom stereocenters. The quantitative estimate of drug-likeness (QED) is 0.163. The monoisotopic (exact) mass is 332 g/mol. The molecule has 0 radical (unpaired) electrons. The third-order valence-electron chi connectivity index (χ3n) is 4.80. The fourth-order valence-corrected chi connectivity index (χ4v) is 3.20. The SMILES string of the molecule is C=CCCCCCCCC(=CCCCCC)CCCCCCC=C. The molecular weight excluding hydrogens is 288 g/mol. The van der Waals surface area contributed by atoms with E-state index in [2.05, 4.69) is 26.2 Å². The van der Waals surface area contributed by atoms with E-state index in [0.717, 1.165) is 0 Å². The molecule has 0 bridgehead atoms. The molecule has 0 atom stereocenters. The van der Waals surface area contributed by atoms with Gasteiger partial charge in [-0.3, -0.25) is 0 Å². The summed E-state index contributed by atoms with van der Waals surface area (Å²) in [4.78, 5) is 0. The van der Waals surface area contributed by atoms with Gasteiger partial charge in [-0.15, -0.1) is 13.2 Å². The smallest absolute Gasteiger partial charge is 0.0320 e. The standard InChI is InChI=1S/C24H44/c1-4-7-10-13-15-17-20-23-24(21-18-12-9-6-3)22-19-16-14-11-8-5-2/h4-5,21H,1-2,6-20,22-23H2,3H3. The Labute approximate surface area is 153 Å². The van der Waals surface area contributed by atoms with E-state index in [0.29, 0.717) is 0 Å². The predicted molar refractivity (Wildman–Crippen MR) is 113 cm³/mol. The molecule has 0 aromatic rings. The lowest BCUT2D eigenvalue weighted by molar-refractivity contribution is 0.595. The molecular formula is C24H44. The van der Waals surface area contributed by atoms with E-state index in [1.165, 1.54) is 109 Å². The van der Waals surface area contributed by atoms with Gasteiger partial charge >= 0.3 is 0 Å². The lowest BCUT2D eigenvalue weighted by Gasteiger charge is -2.09. The Balaban J connectivity index is 3.86. The molecule has 0 saturated carbocycles. The van der Waals surface area contributed by atoms with Gasteiger partial charge in [0.15, 0.2) is 0 Å². The Morgan fingerprint density at radius 1 is 0.583 bits per heavy atom. The number of allylic oxidation sites excluding steroid dienone is 4. The summed E-state index contributed by atoms with van der Waals surface area (Å²) in [5, 5.41) is 0. The first-order valence-corrected chi connectivity index (χ1v) is 10.7. The molecule has 0 aliphatic carbocycles. The first-order valence-electron chi connectivity index (χ1n) is 10.7. The van der Waals surface area contributed by atoms with Gasteiger partial charge < -0.3 is 0 Å². The number of unbranched alkanes of at least 4 members (excludes halogenated alkanes) is 12. The molecule has 0 aromatic heterocycles. The van der Waals surface area contributed by atoms with Crippen LogP contribution in [-0.2, 0) is 0 Å². The molecule has 0 amide bonds. The average molecular weight is 333 g/mol. The normalized spacial score (nSPS) is 11.6. The van der Waals surface area contributed by atoms with Crippen molar-refractivity contribution < 1.29 is 0 Å². The molecule has 0 aliphatic rings. The Morgan fingerprint density at radius 2 is 1.04 bits per heavy atom. The minimum Gasteiger partial charge on any atom is -0.103 e. The Bertz CT molecular complexity index is 297. The molecule has 24 heavy (non-hydrogen) atoms. The summed E-state index contributed by atoms with van der Waals surface area (Å²) >= 11 is 0. The van der Waals surface area contributed by atoms with Crippen molar-refractivity contribution in [2.75, 3.05) is 0 Å².